The maximum atomic E-state index is 9.72. The van der Waals surface area contributed by atoms with E-state index in [1.165, 1.54) is 5.56 Å². The molecule has 0 amide bonds. The molecule has 0 saturated carbocycles. The van der Waals surface area contributed by atoms with Gasteiger partial charge in [-0.1, -0.05) is 35.9 Å². The number of aliphatic hydroxyl groups excluding tert-OH is 1. The third kappa shape index (κ3) is 3.11. The van der Waals surface area contributed by atoms with Crippen molar-refractivity contribution in [3.8, 4) is 5.75 Å². The second-order valence-corrected chi connectivity index (χ2v) is 4.94. The molecule has 0 bridgehead atoms. The lowest BCUT2D eigenvalue weighted by molar-refractivity contribution is 0.275. The first-order valence-electron chi connectivity index (χ1n) is 6.73. The molecule has 0 fully saturated rings. The van der Waals surface area contributed by atoms with Gasteiger partial charge in [0.2, 0.25) is 0 Å². The molecule has 3 nitrogen and oxygen atoms in total. The quantitative estimate of drug-likeness (QED) is 0.875. The van der Waals surface area contributed by atoms with Crippen molar-refractivity contribution in [3.63, 3.8) is 0 Å². The van der Waals surface area contributed by atoms with Crippen LogP contribution in [-0.2, 0) is 0 Å². The average Bonchev–Trinajstić information content (AvgIpc) is 2.48. The summed E-state index contributed by atoms with van der Waals surface area (Å²) in [5.41, 5.74) is 4.34. The molecular weight excluding hydrogens is 250 g/mol. The van der Waals surface area contributed by atoms with Gasteiger partial charge in [-0.05, 0) is 37.1 Å². The number of hydrogen-bond donors (Lipinski definition) is 2. The molecule has 0 saturated heterocycles. The van der Waals surface area contributed by atoms with E-state index in [4.69, 9.17) is 4.74 Å². The first kappa shape index (κ1) is 14.4. The third-order valence-electron chi connectivity index (χ3n) is 3.43. The summed E-state index contributed by atoms with van der Waals surface area (Å²) in [4.78, 5) is 0. The van der Waals surface area contributed by atoms with E-state index in [0.717, 1.165) is 22.6 Å². The predicted octanol–water partition coefficient (Wildman–Crippen LogP) is 3.46. The zero-order chi connectivity index (χ0) is 14.5. The molecule has 2 rings (SSSR count). The van der Waals surface area contributed by atoms with Gasteiger partial charge >= 0.3 is 0 Å². The van der Waals surface area contributed by atoms with Gasteiger partial charge in [-0.3, -0.25) is 0 Å². The van der Waals surface area contributed by atoms with Crippen LogP contribution in [0.25, 0.3) is 0 Å². The first-order valence-corrected chi connectivity index (χ1v) is 6.73. The van der Waals surface area contributed by atoms with Crippen LogP contribution in [0.4, 0.5) is 5.69 Å². The number of ether oxygens (including phenoxy) is 1. The minimum atomic E-state index is -0.147. The molecule has 3 heteroatoms. The van der Waals surface area contributed by atoms with Crippen molar-refractivity contribution in [2.45, 2.75) is 19.9 Å². The van der Waals surface area contributed by atoms with Crippen molar-refractivity contribution >= 4 is 5.69 Å². The highest BCUT2D eigenvalue weighted by Gasteiger charge is 2.14. The zero-order valence-electron chi connectivity index (χ0n) is 12.2. The summed E-state index contributed by atoms with van der Waals surface area (Å²) in [6, 6.07) is 13.8. The van der Waals surface area contributed by atoms with Crippen LogP contribution in [0.3, 0.4) is 0 Å². The van der Waals surface area contributed by atoms with Gasteiger partial charge < -0.3 is 15.2 Å². The zero-order valence-corrected chi connectivity index (χ0v) is 12.2. The molecule has 106 valence electrons. The number of methoxy groups -OCH3 is 1. The molecule has 1 unspecified atom stereocenters. The van der Waals surface area contributed by atoms with Gasteiger partial charge in [0.1, 0.15) is 5.75 Å². The van der Waals surface area contributed by atoms with E-state index in [-0.39, 0.29) is 12.6 Å². The molecule has 0 radical (unpaired) electrons. The number of para-hydroxylation sites is 2. The third-order valence-corrected chi connectivity index (χ3v) is 3.43. The largest absolute Gasteiger partial charge is 0.495 e. The smallest absolute Gasteiger partial charge is 0.141 e. The molecule has 2 aromatic rings. The Bertz CT molecular complexity index is 581. The van der Waals surface area contributed by atoms with Crippen LogP contribution in [-0.4, -0.2) is 18.8 Å². The molecule has 0 aliphatic rings. The molecule has 0 aliphatic carbocycles. The second kappa shape index (κ2) is 6.44. The fourth-order valence-corrected chi connectivity index (χ4v) is 2.31. The molecule has 0 heterocycles. The van der Waals surface area contributed by atoms with Crippen LogP contribution in [0.1, 0.15) is 22.7 Å². The summed E-state index contributed by atoms with van der Waals surface area (Å²) in [6.45, 7) is 4.14. The maximum Gasteiger partial charge on any atom is 0.141 e. The van der Waals surface area contributed by atoms with E-state index in [1.807, 2.05) is 24.3 Å². The number of nitrogens with one attached hydrogen (secondary N) is 1. The first-order chi connectivity index (χ1) is 9.65. The van der Waals surface area contributed by atoms with Crippen molar-refractivity contribution in [1.82, 2.24) is 0 Å². The van der Waals surface area contributed by atoms with Gasteiger partial charge in [-0.15, -0.1) is 0 Å². The highest BCUT2D eigenvalue weighted by Crippen LogP contribution is 2.29. The maximum absolute atomic E-state index is 9.72. The molecule has 0 spiro atoms. The number of aliphatic hydroxyl groups is 1. The Hall–Kier alpha value is -2.00. The summed E-state index contributed by atoms with van der Waals surface area (Å²) in [6.07, 6.45) is 0. The normalized spacial score (nSPS) is 12.0. The molecule has 0 aromatic heterocycles. The SMILES string of the molecule is COc1ccccc1NC(CO)c1cc(C)ccc1C. The predicted molar refractivity (Wildman–Crippen MR) is 82.4 cm³/mol. The molecule has 20 heavy (non-hydrogen) atoms. The van der Waals surface area contributed by atoms with Crippen LogP contribution in [0.2, 0.25) is 0 Å². The number of aryl methyl sites for hydroxylation is 2. The summed E-state index contributed by atoms with van der Waals surface area (Å²) in [5.74, 6) is 0.774. The lowest BCUT2D eigenvalue weighted by Crippen LogP contribution is -2.16. The fraction of sp³-hybridized carbons (Fsp3) is 0.294. The molecule has 0 aliphatic heterocycles. The van der Waals surface area contributed by atoms with E-state index < -0.39 is 0 Å². The Labute approximate surface area is 120 Å². The monoisotopic (exact) mass is 271 g/mol. The molecule has 2 aromatic carbocycles. The topological polar surface area (TPSA) is 41.5 Å². The average molecular weight is 271 g/mol. The van der Waals surface area contributed by atoms with E-state index in [9.17, 15) is 5.11 Å². The van der Waals surface area contributed by atoms with Gasteiger partial charge in [0.05, 0.1) is 25.4 Å². The Morgan fingerprint density at radius 3 is 2.60 bits per heavy atom. The molecule has 1 atom stereocenters. The number of anilines is 1. The minimum Gasteiger partial charge on any atom is -0.495 e. The number of hydrogen-bond acceptors (Lipinski definition) is 3. The van der Waals surface area contributed by atoms with Crippen LogP contribution in [0.5, 0.6) is 5.75 Å². The number of benzene rings is 2. The molecule has 2 N–H and O–H groups in total. The highest BCUT2D eigenvalue weighted by atomic mass is 16.5. The molecular formula is C17H21NO2. The fourth-order valence-electron chi connectivity index (χ4n) is 2.31. The standard InChI is InChI=1S/C17H21NO2/c1-12-8-9-13(2)14(10-12)16(11-19)18-15-6-4-5-7-17(15)20-3/h4-10,16,18-19H,11H2,1-3H3. The van der Waals surface area contributed by atoms with Crippen LogP contribution < -0.4 is 10.1 Å². The van der Waals surface area contributed by atoms with Crippen LogP contribution >= 0.6 is 0 Å². The van der Waals surface area contributed by atoms with Crippen molar-refractivity contribution < 1.29 is 9.84 Å². The summed E-state index contributed by atoms with van der Waals surface area (Å²) >= 11 is 0. The second-order valence-electron chi connectivity index (χ2n) is 4.94. The Balaban J connectivity index is 2.31. The highest BCUT2D eigenvalue weighted by molar-refractivity contribution is 5.57. The van der Waals surface area contributed by atoms with Gasteiger partial charge in [-0.25, -0.2) is 0 Å². The summed E-state index contributed by atoms with van der Waals surface area (Å²) in [5, 5.41) is 13.1. The van der Waals surface area contributed by atoms with Crippen LogP contribution in [0, 0.1) is 13.8 Å². The van der Waals surface area contributed by atoms with Crippen molar-refractivity contribution in [2.75, 3.05) is 19.0 Å². The summed E-state index contributed by atoms with van der Waals surface area (Å²) in [7, 11) is 1.65. The van der Waals surface area contributed by atoms with E-state index in [2.05, 4.69) is 37.4 Å². The Morgan fingerprint density at radius 1 is 1.15 bits per heavy atom. The van der Waals surface area contributed by atoms with Gasteiger partial charge in [0, 0.05) is 0 Å². The van der Waals surface area contributed by atoms with E-state index >= 15 is 0 Å². The lowest BCUT2D eigenvalue weighted by Gasteiger charge is -2.22. The van der Waals surface area contributed by atoms with Gasteiger partial charge in [0.15, 0.2) is 0 Å². The van der Waals surface area contributed by atoms with Crippen molar-refractivity contribution in [2.24, 2.45) is 0 Å². The summed E-state index contributed by atoms with van der Waals surface area (Å²) < 4.78 is 5.34. The van der Waals surface area contributed by atoms with Crippen LogP contribution in [0.15, 0.2) is 42.5 Å². The Kier molecular flexibility index (Phi) is 4.64. The van der Waals surface area contributed by atoms with E-state index in [1.54, 1.807) is 7.11 Å². The van der Waals surface area contributed by atoms with E-state index in [0.29, 0.717) is 0 Å². The lowest BCUT2D eigenvalue weighted by atomic mass is 9.99. The van der Waals surface area contributed by atoms with Gasteiger partial charge in [-0.2, -0.15) is 0 Å². The number of rotatable bonds is 5. The minimum absolute atomic E-state index is 0.0301. The van der Waals surface area contributed by atoms with Crippen molar-refractivity contribution in [1.29, 1.82) is 0 Å². The Morgan fingerprint density at radius 2 is 1.90 bits per heavy atom. The van der Waals surface area contributed by atoms with Gasteiger partial charge in [0.25, 0.3) is 0 Å². The van der Waals surface area contributed by atoms with Crippen molar-refractivity contribution in [3.05, 3.63) is 59.2 Å².